The first-order valence-corrected chi connectivity index (χ1v) is 17.1. The number of carbonyl (C=O) groups is 2. The molecule has 1 saturated carbocycles. The van der Waals surface area contributed by atoms with Crippen LogP contribution in [0, 0.1) is 11.7 Å². The van der Waals surface area contributed by atoms with Gasteiger partial charge >= 0.3 is 0 Å². The number of anilines is 1. The lowest BCUT2D eigenvalue weighted by Gasteiger charge is -2.40. The van der Waals surface area contributed by atoms with Crippen LogP contribution in [0.3, 0.4) is 0 Å². The van der Waals surface area contributed by atoms with Crippen molar-refractivity contribution in [2.75, 3.05) is 38.2 Å². The zero-order valence-corrected chi connectivity index (χ0v) is 27.6. The van der Waals surface area contributed by atoms with Crippen LogP contribution < -0.4 is 5.32 Å². The number of nitrogens with zero attached hydrogens (tertiary/aromatic N) is 4. The van der Waals surface area contributed by atoms with Crippen molar-refractivity contribution in [3.05, 3.63) is 93.5 Å². The second-order valence-corrected chi connectivity index (χ2v) is 14.3. The summed E-state index contributed by atoms with van der Waals surface area (Å²) in [5.41, 5.74) is 2.06. The quantitative estimate of drug-likeness (QED) is 0.246. The second-order valence-electron chi connectivity index (χ2n) is 13.4. The van der Waals surface area contributed by atoms with Gasteiger partial charge in [-0.25, -0.2) is 9.37 Å². The Labute approximate surface area is 282 Å². The fourth-order valence-electron chi connectivity index (χ4n) is 8.18. The molecular formula is C36H36Cl2FN5O3. The summed E-state index contributed by atoms with van der Waals surface area (Å²) in [6, 6.07) is 17.8. The molecule has 4 atom stereocenters. The van der Waals surface area contributed by atoms with Crippen molar-refractivity contribution < 1.29 is 18.7 Å². The monoisotopic (exact) mass is 675 g/mol. The first kappa shape index (κ1) is 30.8. The van der Waals surface area contributed by atoms with Gasteiger partial charge in [-0.2, -0.15) is 0 Å². The molecule has 0 unspecified atom stereocenters. The Balaban J connectivity index is 1.27. The zero-order chi connectivity index (χ0) is 32.4. The number of likely N-dealkylation sites (tertiary alicyclic amines) is 1. The molecule has 4 aliphatic rings. The molecule has 3 aromatic carbocycles. The Hall–Kier alpha value is -3.50. The van der Waals surface area contributed by atoms with E-state index in [2.05, 4.69) is 14.8 Å². The molecule has 2 saturated heterocycles. The summed E-state index contributed by atoms with van der Waals surface area (Å²) in [6.07, 6.45) is 2.98. The fourth-order valence-corrected chi connectivity index (χ4v) is 8.55. The molecule has 47 heavy (non-hydrogen) atoms. The molecule has 1 N–H and O–H groups in total. The predicted molar refractivity (Wildman–Crippen MR) is 180 cm³/mol. The Morgan fingerprint density at radius 3 is 2.57 bits per heavy atom. The van der Waals surface area contributed by atoms with E-state index in [9.17, 15) is 9.59 Å². The standard InChI is InChI=1S/C36H36Cl2FN5O3/c1-36(35(46)40-24-5-2-4-23(37)19-24)31(25-6-3-7-26(38)32(25)39)30-29(44(36)20-21-8-9-21)12-13-43-28-11-10-22(18-27(28)41-33(30)43)34(45)42-14-16-47-17-15-42/h2-7,10-11,18-19,21,29-31H,8-9,12-17,20H2,1H3,(H,40,46)/t29-,30+,31-,36+/m0/s1. The van der Waals surface area contributed by atoms with Crippen LogP contribution in [0.15, 0.2) is 60.7 Å². The van der Waals surface area contributed by atoms with Crippen LogP contribution in [0.1, 0.15) is 59.8 Å². The first-order chi connectivity index (χ1) is 22.7. The normalized spacial score (nSPS) is 25.9. The molecule has 4 aromatic rings. The third-order valence-corrected chi connectivity index (χ3v) is 11.2. The Bertz CT molecular complexity index is 1890. The molecular weight excluding hydrogens is 640 g/mol. The summed E-state index contributed by atoms with van der Waals surface area (Å²) in [6.45, 7) is 5.54. The number of hydrogen-bond acceptors (Lipinski definition) is 5. The molecule has 1 aromatic heterocycles. The molecule has 0 spiro atoms. The van der Waals surface area contributed by atoms with E-state index >= 15 is 4.39 Å². The summed E-state index contributed by atoms with van der Waals surface area (Å²) in [5, 5.41) is 3.67. The van der Waals surface area contributed by atoms with Gasteiger partial charge in [-0.3, -0.25) is 14.5 Å². The van der Waals surface area contributed by atoms with Crippen molar-refractivity contribution in [1.82, 2.24) is 19.4 Å². The minimum atomic E-state index is -1.14. The second kappa shape index (κ2) is 11.9. The molecule has 4 heterocycles. The van der Waals surface area contributed by atoms with Gasteiger partial charge in [-0.15, -0.1) is 0 Å². The van der Waals surface area contributed by atoms with Gasteiger partial charge in [-0.05, 0) is 80.1 Å². The van der Waals surface area contributed by atoms with E-state index in [-0.39, 0.29) is 28.8 Å². The number of halogens is 3. The molecule has 0 bridgehead atoms. The Morgan fingerprint density at radius 1 is 1.02 bits per heavy atom. The molecule has 3 aliphatic heterocycles. The third kappa shape index (κ3) is 5.23. The van der Waals surface area contributed by atoms with Crippen molar-refractivity contribution >= 4 is 51.7 Å². The number of fused-ring (bicyclic) bond motifs is 5. The molecule has 8 rings (SSSR count). The number of amides is 2. The van der Waals surface area contributed by atoms with E-state index in [1.165, 1.54) is 0 Å². The molecule has 244 valence electrons. The molecule has 1 aliphatic carbocycles. The van der Waals surface area contributed by atoms with Crippen molar-refractivity contribution in [1.29, 1.82) is 0 Å². The summed E-state index contributed by atoms with van der Waals surface area (Å²) < 4.78 is 23.9. The van der Waals surface area contributed by atoms with Crippen LogP contribution in [-0.2, 0) is 16.1 Å². The average molecular weight is 677 g/mol. The van der Waals surface area contributed by atoms with Crippen molar-refractivity contribution in [2.24, 2.45) is 5.92 Å². The minimum Gasteiger partial charge on any atom is -0.378 e. The van der Waals surface area contributed by atoms with Crippen LogP contribution >= 0.6 is 23.2 Å². The smallest absolute Gasteiger partial charge is 0.254 e. The van der Waals surface area contributed by atoms with E-state index in [4.69, 9.17) is 32.9 Å². The summed E-state index contributed by atoms with van der Waals surface area (Å²) in [4.78, 5) is 37.4. The lowest BCUT2D eigenvalue weighted by atomic mass is 9.73. The van der Waals surface area contributed by atoms with E-state index in [0.29, 0.717) is 60.6 Å². The highest BCUT2D eigenvalue weighted by Gasteiger charge is 2.63. The molecule has 0 radical (unpaired) electrons. The summed E-state index contributed by atoms with van der Waals surface area (Å²) in [5.74, 6) is -0.409. The summed E-state index contributed by atoms with van der Waals surface area (Å²) >= 11 is 12.7. The highest BCUT2D eigenvalue weighted by Crippen LogP contribution is 2.58. The lowest BCUT2D eigenvalue weighted by molar-refractivity contribution is -0.127. The van der Waals surface area contributed by atoms with Crippen molar-refractivity contribution in [2.45, 2.75) is 56.1 Å². The van der Waals surface area contributed by atoms with Crippen LogP contribution in [-0.4, -0.2) is 75.6 Å². The van der Waals surface area contributed by atoms with Gasteiger partial charge in [0.15, 0.2) is 0 Å². The number of benzene rings is 3. The number of nitrogens with one attached hydrogen (secondary N) is 1. The molecule has 2 amide bonds. The number of rotatable bonds is 6. The van der Waals surface area contributed by atoms with Crippen LogP contribution in [0.4, 0.5) is 10.1 Å². The van der Waals surface area contributed by atoms with Crippen molar-refractivity contribution in [3.8, 4) is 0 Å². The van der Waals surface area contributed by atoms with Crippen LogP contribution in [0.25, 0.3) is 11.0 Å². The number of ether oxygens (including phenoxy) is 1. The number of imidazole rings is 1. The number of hydrogen-bond donors (Lipinski definition) is 1. The maximum atomic E-state index is 16.2. The molecule has 3 fully saturated rings. The Kier molecular flexibility index (Phi) is 7.79. The third-order valence-electron chi connectivity index (χ3n) is 10.7. The fraction of sp³-hybridized carbons (Fsp3) is 0.417. The first-order valence-electron chi connectivity index (χ1n) is 16.4. The largest absolute Gasteiger partial charge is 0.378 e. The highest BCUT2D eigenvalue weighted by molar-refractivity contribution is 6.31. The van der Waals surface area contributed by atoms with Gasteiger partial charge in [0.1, 0.15) is 17.2 Å². The van der Waals surface area contributed by atoms with Gasteiger partial charge in [0.2, 0.25) is 5.91 Å². The Morgan fingerprint density at radius 2 is 1.81 bits per heavy atom. The van der Waals surface area contributed by atoms with Gasteiger partial charge < -0.3 is 19.5 Å². The van der Waals surface area contributed by atoms with E-state index < -0.39 is 17.3 Å². The van der Waals surface area contributed by atoms with Crippen molar-refractivity contribution in [3.63, 3.8) is 0 Å². The number of morpholine rings is 1. The number of aromatic nitrogens is 2. The maximum Gasteiger partial charge on any atom is 0.254 e. The minimum absolute atomic E-state index is 0.0212. The van der Waals surface area contributed by atoms with Gasteiger partial charge in [0.25, 0.3) is 5.91 Å². The predicted octanol–water partition coefficient (Wildman–Crippen LogP) is 6.72. The van der Waals surface area contributed by atoms with E-state index in [0.717, 1.165) is 42.7 Å². The SMILES string of the molecule is C[C@]1(C(=O)Nc2cccc(Cl)c2)[C@@H](c2cccc(Cl)c2F)[C@@H]2c3nc4cc(C(=O)N5CCOCC5)ccc4n3CC[C@@H]2N1CC1CC1. The summed E-state index contributed by atoms with van der Waals surface area (Å²) in [7, 11) is 0. The average Bonchev–Trinajstić information content (AvgIpc) is 3.77. The number of aryl methyl sites for hydroxylation is 1. The molecule has 8 nitrogen and oxygen atoms in total. The topological polar surface area (TPSA) is 79.7 Å². The van der Waals surface area contributed by atoms with Crippen LogP contribution in [0.2, 0.25) is 10.0 Å². The van der Waals surface area contributed by atoms with Gasteiger partial charge in [-0.1, -0.05) is 41.4 Å². The zero-order valence-electron chi connectivity index (χ0n) is 26.1. The van der Waals surface area contributed by atoms with Crippen LogP contribution in [0.5, 0.6) is 0 Å². The van der Waals surface area contributed by atoms with E-state index in [1.807, 2.05) is 36.1 Å². The molecule has 11 heteroatoms. The van der Waals surface area contributed by atoms with E-state index in [1.54, 1.807) is 36.4 Å². The van der Waals surface area contributed by atoms with Gasteiger partial charge in [0.05, 0.1) is 29.3 Å². The highest BCUT2D eigenvalue weighted by atomic mass is 35.5. The lowest BCUT2D eigenvalue weighted by Crippen LogP contribution is -2.56. The number of carbonyl (C=O) groups excluding carboxylic acids is 2. The van der Waals surface area contributed by atoms with Gasteiger partial charge in [0, 0.05) is 60.3 Å². The maximum absolute atomic E-state index is 16.2.